The van der Waals surface area contributed by atoms with Gasteiger partial charge in [-0.15, -0.1) is 23.5 Å². The molecule has 22 heteroatoms. The number of ether oxygens (including phenoxy) is 4. The Morgan fingerprint density at radius 2 is 1.09 bits per heavy atom. The molecule has 0 aliphatic carbocycles. The summed E-state index contributed by atoms with van der Waals surface area (Å²) in [6.45, 7) is 2.04. The van der Waals surface area contributed by atoms with Gasteiger partial charge in [0.15, 0.2) is 40.4 Å². The fourth-order valence-electron chi connectivity index (χ4n) is 10.3. The number of fused-ring (bicyclic) bond motifs is 8. The van der Waals surface area contributed by atoms with Crippen LogP contribution in [-0.2, 0) is 30.5 Å². The number of esters is 1. The van der Waals surface area contributed by atoms with Crippen LogP contribution in [0.1, 0.15) is 95.6 Å². The van der Waals surface area contributed by atoms with Crippen molar-refractivity contribution >= 4 is 41.3 Å². The van der Waals surface area contributed by atoms with Crippen molar-refractivity contribution in [3.8, 4) is 11.5 Å². The summed E-state index contributed by atoms with van der Waals surface area (Å²) >= 11 is 2.80. The maximum atomic E-state index is 15.2. The van der Waals surface area contributed by atoms with E-state index < -0.39 is 88.9 Å². The van der Waals surface area contributed by atoms with E-state index in [-0.39, 0.29) is 95.0 Å². The van der Waals surface area contributed by atoms with Crippen LogP contribution in [0.2, 0.25) is 0 Å². The third-order valence-electron chi connectivity index (χ3n) is 13.6. The molecule has 0 saturated carbocycles. The third-order valence-corrected chi connectivity index (χ3v) is 15.8. The van der Waals surface area contributed by atoms with Crippen molar-refractivity contribution in [2.24, 2.45) is 0 Å². The van der Waals surface area contributed by atoms with Gasteiger partial charge in [0.25, 0.3) is 11.8 Å². The van der Waals surface area contributed by atoms with Crippen LogP contribution >= 0.6 is 23.5 Å². The molecule has 2 amide bonds. The number of hydrogen-bond donors (Lipinski definition) is 1. The van der Waals surface area contributed by atoms with Gasteiger partial charge in [0.1, 0.15) is 12.3 Å². The SMILES string of the molecule is C.C.C.CC(=O)OCOc1c2n(ccc1=O)N([C@@H]1c3ccccc3SCc3c1ccc(F)c3F)[C@@H]1COCCN1C2=O.O=C1c2c(O)c(=O)ccn2N([C@@H]2c3ccccc3SCc3c2ccc(F)c3F)[C@@H]2COCCN12. The molecule has 12 rings (SSSR count). The molecular formula is C54H54F4N6O10S2. The Balaban J connectivity index is 0.000000195. The molecule has 2 fully saturated rings. The van der Waals surface area contributed by atoms with Gasteiger partial charge in [-0.3, -0.25) is 43.3 Å². The van der Waals surface area contributed by atoms with E-state index in [2.05, 4.69) is 0 Å². The largest absolute Gasteiger partial charge is 0.502 e. The Bertz CT molecular complexity index is 3380. The minimum atomic E-state index is -0.944. The Kier molecular flexibility index (Phi) is 16.0. The minimum absolute atomic E-state index is 0. The molecule has 0 unspecified atom stereocenters. The fraction of sp³-hybridized carbons (Fsp3) is 0.315. The average Bonchev–Trinajstić information content (AvgIpc) is 3.67. The molecule has 16 nitrogen and oxygen atoms in total. The molecule has 6 aromatic rings. The maximum absolute atomic E-state index is 15.2. The third kappa shape index (κ3) is 9.23. The van der Waals surface area contributed by atoms with Crippen molar-refractivity contribution in [2.75, 3.05) is 56.3 Å². The van der Waals surface area contributed by atoms with Gasteiger partial charge in [0.05, 0.1) is 38.5 Å². The summed E-state index contributed by atoms with van der Waals surface area (Å²) in [4.78, 5) is 68.4. The number of aromatic nitrogens is 2. The van der Waals surface area contributed by atoms with E-state index in [9.17, 15) is 37.9 Å². The summed E-state index contributed by atoms with van der Waals surface area (Å²) < 4.78 is 83.8. The maximum Gasteiger partial charge on any atom is 0.305 e. The van der Waals surface area contributed by atoms with Gasteiger partial charge in [0, 0.05) is 77.0 Å². The first-order chi connectivity index (χ1) is 35.3. The molecule has 0 radical (unpaired) electrons. The highest BCUT2D eigenvalue weighted by Gasteiger charge is 2.48. The van der Waals surface area contributed by atoms with Crippen LogP contribution in [0.5, 0.6) is 11.5 Å². The van der Waals surface area contributed by atoms with Crippen molar-refractivity contribution in [3.63, 3.8) is 0 Å². The van der Waals surface area contributed by atoms with Crippen LogP contribution in [0, 0.1) is 23.3 Å². The smallest absolute Gasteiger partial charge is 0.305 e. The molecular weight excluding hydrogens is 1030 g/mol. The number of carbonyl (C=O) groups excluding carboxylic acids is 3. The number of morpholine rings is 2. The molecule has 2 saturated heterocycles. The number of halogens is 4. The summed E-state index contributed by atoms with van der Waals surface area (Å²) in [5.74, 6) is -5.75. The lowest BCUT2D eigenvalue weighted by atomic mass is 9.93. The highest BCUT2D eigenvalue weighted by Crippen LogP contribution is 2.47. The second kappa shape index (κ2) is 22.1. The summed E-state index contributed by atoms with van der Waals surface area (Å²) in [7, 11) is 0. The second-order valence-corrected chi connectivity index (χ2v) is 19.5. The molecule has 6 aliphatic heterocycles. The highest BCUT2D eigenvalue weighted by atomic mass is 32.2. The fourth-order valence-corrected chi connectivity index (χ4v) is 12.5. The van der Waals surface area contributed by atoms with Gasteiger partial charge in [-0.2, -0.15) is 0 Å². The Labute approximate surface area is 443 Å². The quantitative estimate of drug-likeness (QED) is 0.100. The van der Waals surface area contributed by atoms with E-state index in [4.69, 9.17) is 18.9 Å². The van der Waals surface area contributed by atoms with Crippen molar-refractivity contribution in [1.29, 1.82) is 0 Å². The van der Waals surface area contributed by atoms with Crippen molar-refractivity contribution in [3.05, 3.63) is 186 Å². The average molecular weight is 1090 g/mol. The van der Waals surface area contributed by atoms with Crippen molar-refractivity contribution in [2.45, 2.75) is 74.9 Å². The van der Waals surface area contributed by atoms with E-state index in [0.29, 0.717) is 17.7 Å². The van der Waals surface area contributed by atoms with Gasteiger partial charge in [0.2, 0.25) is 23.4 Å². The van der Waals surface area contributed by atoms with Gasteiger partial charge >= 0.3 is 5.97 Å². The summed E-state index contributed by atoms with van der Waals surface area (Å²) in [6.07, 6.45) is 1.66. The van der Waals surface area contributed by atoms with E-state index >= 15 is 8.78 Å². The molecule has 4 aromatic carbocycles. The molecule has 2 aromatic heterocycles. The first-order valence-electron chi connectivity index (χ1n) is 23.0. The summed E-state index contributed by atoms with van der Waals surface area (Å²) in [6, 6.07) is 21.6. The Morgan fingerprint density at radius 1 is 0.632 bits per heavy atom. The van der Waals surface area contributed by atoms with Gasteiger partial charge in [-0.05, 0) is 46.5 Å². The number of pyridine rings is 2. The van der Waals surface area contributed by atoms with Crippen molar-refractivity contribution in [1.82, 2.24) is 19.2 Å². The van der Waals surface area contributed by atoms with Gasteiger partial charge < -0.3 is 33.9 Å². The topological polar surface area (TPSA) is 165 Å². The molecule has 400 valence electrons. The second-order valence-electron chi connectivity index (χ2n) is 17.5. The molecule has 0 spiro atoms. The number of carbonyl (C=O) groups is 3. The molecule has 4 atom stereocenters. The predicted octanol–water partition coefficient (Wildman–Crippen LogP) is 8.06. The van der Waals surface area contributed by atoms with Crippen molar-refractivity contribution < 1.29 is 56.0 Å². The van der Waals surface area contributed by atoms with E-state index in [1.54, 1.807) is 21.9 Å². The lowest BCUT2D eigenvalue weighted by molar-refractivity contribution is -0.147. The zero-order valence-electron chi connectivity index (χ0n) is 38.5. The molecule has 76 heavy (non-hydrogen) atoms. The van der Waals surface area contributed by atoms with Gasteiger partial charge in [-0.1, -0.05) is 70.8 Å². The number of amides is 2. The monoisotopic (exact) mass is 1090 g/mol. The number of thioether (sulfide) groups is 2. The minimum Gasteiger partial charge on any atom is -0.502 e. The first-order valence-corrected chi connectivity index (χ1v) is 25.0. The molecule has 6 aliphatic rings. The predicted molar refractivity (Wildman–Crippen MR) is 277 cm³/mol. The first kappa shape index (κ1) is 55.0. The molecule has 1 N–H and O–H groups in total. The zero-order chi connectivity index (χ0) is 50.8. The lowest BCUT2D eigenvalue weighted by Crippen LogP contribution is -2.66. The number of benzene rings is 4. The van der Waals surface area contributed by atoms with Crippen LogP contribution in [0.25, 0.3) is 0 Å². The Hall–Kier alpha value is -7.27. The number of nitrogens with zero attached hydrogens (tertiary/aromatic N) is 6. The van der Waals surface area contributed by atoms with Crippen LogP contribution in [0.3, 0.4) is 0 Å². The lowest BCUT2D eigenvalue weighted by Gasteiger charge is -2.51. The van der Waals surface area contributed by atoms with E-state index in [0.717, 1.165) is 33.1 Å². The zero-order valence-corrected chi connectivity index (χ0v) is 40.2. The van der Waals surface area contributed by atoms with E-state index in [1.807, 2.05) is 58.5 Å². The van der Waals surface area contributed by atoms with Crippen LogP contribution < -0.4 is 25.6 Å². The van der Waals surface area contributed by atoms with E-state index in [1.165, 1.54) is 64.3 Å². The number of aromatic hydroxyl groups is 1. The van der Waals surface area contributed by atoms with Crippen LogP contribution in [0.15, 0.2) is 117 Å². The standard InChI is InChI=1S/C27H23F2N3O6S.C24H19F2N3O4S.3CH4/c1-15(33)37-14-38-26-20(34)8-9-31-25(26)27(35)30-10-11-36-12-22(30)32(31)24-16-6-7-19(28)23(29)18(16)13-39-21-5-3-2-4-17(21)24;25-16-6-5-13-15(20(16)26)12-34-18-4-2-1-3-14(18)21(13)29-19-11-33-10-9-27(19)24(32)22-23(31)17(30)7-8-28(22)29;;;/h2-9,22,24H,10-14H2,1H3;1-8,19,21,31H,9-12H2;3*1H4/t22-,24+;19-,21+;;;/m11.../s1. The number of hydrogen-bond acceptors (Lipinski definition) is 14. The highest BCUT2D eigenvalue weighted by molar-refractivity contribution is 7.98. The van der Waals surface area contributed by atoms with Crippen LogP contribution in [0.4, 0.5) is 17.6 Å². The summed E-state index contributed by atoms with van der Waals surface area (Å²) in [5, 5.41) is 14.3. The normalized spacial score (nSPS) is 19.7. The summed E-state index contributed by atoms with van der Waals surface area (Å²) in [5.41, 5.74) is 1.71. The molecule has 8 heterocycles. The van der Waals surface area contributed by atoms with Crippen LogP contribution in [-0.4, -0.2) is 101 Å². The van der Waals surface area contributed by atoms with Gasteiger partial charge in [-0.25, -0.2) is 17.6 Å². The number of rotatable bonds is 5. The molecule has 0 bridgehead atoms. The Morgan fingerprint density at radius 3 is 1.59 bits per heavy atom.